The summed E-state index contributed by atoms with van der Waals surface area (Å²) in [4.78, 5) is 2.07. The van der Waals surface area contributed by atoms with Crippen LogP contribution in [0.2, 0.25) is 0 Å². The first-order valence-electron chi connectivity index (χ1n) is 6.77. The Balaban J connectivity index is 2.67. The maximum atomic E-state index is 13.6. The lowest BCUT2D eigenvalue weighted by Gasteiger charge is -2.17. The summed E-state index contributed by atoms with van der Waals surface area (Å²) in [6, 6.07) is 4.89. The normalized spacial score (nSPS) is 12.1. The smallest absolute Gasteiger partial charge is 0.138 e. The van der Waals surface area contributed by atoms with Gasteiger partial charge in [0.15, 0.2) is 0 Å². The Hall–Kier alpha value is -1.41. The molecule has 2 N–H and O–H groups in total. The first-order valence-corrected chi connectivity index (χ1v) is 6.77. The molecule has 1 aromatic rings. The van der Waals surface area contributed by atoms with Crippen LogP contribution >= 0.6 is 0 Å². The zero-order valence-electron chi connectivity index (χ0n) is 12.1. The van der Waals surface area contributed by atoms with E-state index in [9.17, 15) is 9.50 Å². The second kappa shape index (κ2) is 8.70. The molecule has 3 nitrogen and oxygen atoms in total. The summed E-state index contributed by atoms with van der Waals surface area (Å²) >= 11 is 0. The number of benzene rings is 1. The van der Waals surface area contributed by atoms with Crippen LogP contribution in [0.1, 0.15) is 30.9 Å². The van der Waals surface area contributed by atoms with Crippen molar-refractivity contribution in [2.45, 2.75) is 32.4 Å². The van der Waals surface area contributed by atoms with Crippen LogP contribution in [0.3, 0.4) is 0 Å². The van der Waals surface area contributed by atoms with Crippen molar-refractivity contribution in [2.75, 3.05) is 20.2 Å². The van der Waals surface area contributed by atoms with E-state index in [1.807, 2.05) is 7.05 Å². The van der Waals surface area contributed by atoms with Crippen molar-refractivity contribution in [1.82, 2.24) is 4.90 Å². The summed E-state index contributed by atoms with van der Waals surface area (Å²) in [5, 5.41) is 17.9. The van der Waals surface area contributed by atoms with E-state index in [4.69, 9.17) is 5.11 Å². The van der Waals surface area contributed by atoms with E-state index < -0.39 is 0 Å². The molecule has 1 atom stereocenters. The molecule has 0 fully saturated rings. The minimum atomic E-state index is -0.342. The van der Waals surface area contributed by atoms with Gasteiger partial charge in [-0.25, -0.2) is 4.39 Å². The number of aliphatic hydroxyl groups is 2. The van der Waals surface area contributed by atoms with Crippen LogP contribution in [-0.4, -0.2) is 41.4 Å². The molecule has 0 saturated carbocycles. The van der Waals surface area contributed by atoms with Crippen molar-refractivity contribution in [3.8, 4) is 11.8 Å². The van der Waals surface area contributed by atoms with Crippen LogP contribution in [0.15, 0.2) is 18.2 Å². The summed E-state index contributed by atoms with van der Waals surface area (Å²) in [7, 11) is 1.96. The van der Waals surface area contributed by atoms with Crippen LogP contribution in [-0.2, 0) is 6.54 Å². The van der Waals surface area contributed by atoms with E-state index in [-0.39, 0.29) is 18.5 Å². The number of hydrogen-bond acceptors (Lipinski definition) is 3. The molecule has 1 rings (SSSR count). The Morgan fingerprint density at radius 1 is 1.40 bits per heavy atom. The molecule has 20 heavy (non-hydrogen) atoms. The summed E-state index contributed by atoms with van der Waals surface area (Å²) in [6.07, 6.45) is 0.740. The fourth-order valence-corrected chi connectivity index (χ4v) is 1.78. The van der Waals surface area contributed by atoms with Crippen LogP contribution in [0.5, 0.6) is 0 Å². The van der Waals surface area contributed by atoms with Crippen molar-refractivity contribution in [3.05, 3.63) is 35.1 Å². The highest BCUT2D eigenvalue weighted by Crippen LogP contribution is 2.11. The SMILES string of the molecule is CC(O)CCN(C)Cc1ccc(F)c(C#CCCO)c1. The quantitative estimate of drug-likeness (QED) is 0.780. The molecule has 0 aliphatic rings. The second-order valence-corrected chi connectivity index (χ2v) is 4.97. The standard InChI is InChI=1S/C16H22FNO2/c1-13(20)8-9-18(2)12-14-6-7-16(17)15(11-14)5-3-4-10-19/h6-7,11,13,19-20H,4,8-10,12H2,1-2H3. The van der Waals surface area contributed by atoms with Gasteiger partial charge in [0.2, 0.25) is 0 Å². The topological polar surface area (TPSA) is 43.7 Å². The average Bonchev–Trinajstić information content (AvgIpc) is 2.40. The molecule has 0 heterocycles. The van der Waals surface area contributed by atoms with Gasteiger partial charge in [0.25, 0.3) is 0 Å². The molecule has 0 amide bonds. The Morgan fingerprint density at radius 2 is 2.15 bits per heavy atom. The molecule has 1 aromatic carbocycles. The van der Waals surface area contributed by atoms with E-state index in [1.54, 1.807) is 19.1 Å². The number of nitrogens with zero attached hydrogens (tertiary/aromatic N) is 1. The Labute approximate surface area is 120 Å². The molecule has 0 aromatic heterocycles. The van der Waals surface area contributed by atoms with Crippen molar-refractivity contribution >= 4 is 0 Å². The van der Waals surface area contributed by atoms with Gasteiger partial charge in [0.1, 0.15) is 5.82 Å². The van der Waals surface area contributed by atoms with Gasteiger partial charge in [-0.1, -0.05) is 17.9 Å². The minimum absolute atomic E-state index is 0.0175. The maximum Gasteiger partial charge on any atom is 0.138 e. The zero-order valence-corrected chi connectivity index (χ0v) is 12.1. The van der Waals surface area contributed by atoms with E-state index in [1.165, 1.54) is 6.07 Å². The first-order chi connectivity index (χ1) is 9.52. The summed E-state index contributed by atoms with van der Waals surface area (Å²) < 4.78 is 13.6. The van der Waals surface area contributed by atoms with Gasteiger partial charge in [-0.05, 0) is 38.1 Å². The van der Waals surface area contributed by atoms with Crippen LogP contribution in [0.25, 0.3) is 0 Å². The summed E-state index contributed by atoms with van der Waals surface area (Å²) in [6.45, 7) is 3.21. The Kier molecular flexibility index (Phi) is 7.24. The third-order valence-corrected chi connectivity index (χ3v) is 2.87. The summed E-state index contributed by atoms with van der Waals surface area (Å²) in [5.74, 6) is 5.12. The molecule has 110 valence electrons. The highest BCUT2D eigenvalue weighted by Gasteiger charge is 2.05. The lowest BCUT2D eigenvalue weighted by molar-refractivity contribution is 0.163. The van der Waals surface area contributed by atoms with Gasteiger partial charge in [-0.3, -0.25) is 0 Å². The monoisotopic (exact) mass is 279 g/mol. The minimum Gasteiger partial charge on any atom is -0.395 e. The van der Waals surface area contributed by atoms with Crippen molar-refractivity contribution < 1.29 is 14.6 Å². The van der Waals surface area contributed by atoms with Crippen molar-refractivity contribution in [2.24, 2.45) is 0 Å². The molecule has 0 spiro atoms. The number of aliphatic hydroxyl groups excluding tert-OH is 2. The predicted molar refractivity (Wildman–Crippen MR) is 77.6 cm³/mol. The second-order valence-electron chi connectivity index (χ2n) is 4.97. The molecular weight excluding hydrogens is 257 g/mol. The van der Waals surface area contributed by atoms with Gasteiger partial charge in [-0.15, -0.1) is 0 Å². The van der Waals surface area contributed by atoms with Crippen LogP contribution in [0.4, 0.5) is 4.39 Å². The molecule has 4 heteroatoms. The van der Waals surface area contributed by atoms with E-state index >= 15 is 0 Å². The number of halogens is 1. The zero-order chi connectivity index (χ0) is 15.0. The lowest BCUT2D eigenvalue weighted by Crippen LogP contribution is -2.22. The van der Waals surface area contributed by atoms with E-state index in [2.05, 4.69) is 16.7 Å². The number of hydrogen-bond donors (Lipinski definition) is 2. The predicted octanol–water partition coefficient (Wildman–Crippen LogP) is 1.76. The molecule has 1 unspecified atom stereocenters. The highest BCUT2D eigenvalue weighted by molar-refractivity contribution is 5.38. The fourth-order valence-electron chi connectivity index (χ4n) is 1.78. The molecule has 0 aliphatic carbocycles. The first kappa shape index (κ1) is 16.6. The van der Waals surface area contributed by atoms with E-state index in [0.29, 0.717) is 24.9 Å². The molecule has 0 radical (unpaired) electrons. The third-order valence-electron chi connectivity index (χ3n) is 2.87. The molecule has 0 aliphatic heterocycles. The van der Waals surface area contributed by atoms with Gasteiger partial charge in [0.05, 0.1) is 18.3 Å². The lowest BCUT2D eigenvalue weighted by atomic mass is 10.1. The Morgan fingerprint density at radius 3 is 2.80 bits per heavy atom. The average molecular weight is 279 g/mol. The van der Waals surface area contributed by atoms with Gasteiger partial charge in [0, 0.05) is 19.5 Å². The largest absolute Gasteiger partial charge is 0.395 e. The maximum absolute atomic E-state index is 13.6. The third kappa shape index (κ3) is 6.16. The Bertz CT molecular complexity index is 477. The molecule has 0 saturated heterocycles. The highest BCUT2D eigenvalue weighted by atomic mass is 19.1. The van der Waals surface area contributed by atoms with Crippen LogP contribution in [0, 0.1) is 17.7 Å². The van der Waals surface area contributed by atoms with Gasteiger partial charge >= 0.3 is 0 Å². The van der Waals surface area contributed by atoms with Gasteiger partial charge in [-0.2, -0.15) is 0 Å². The summed E-state index contributed by atoms with van der Waals surface area (Å²) in [5.41, 5.74) is 1.34. The number of rotatable bonds is 6. The van der Waals surface area contributed by atoms with Crippen molar-refractivity contribution in [1.29, 1.82) is 0 Å². The van der Waals surface area contributed by atoms with Gasteiger partial charge < -0.3 is 15.1 Å². The fraction of sp³-hybridized carbons (Fsp3) is 0.500. The van der Waals surface area contributed by atoms with Crippen molar-refractivity contribution in [3.63, 3.8) is 0 Å². The van der Waals surface area contributed by atoms with Crippen LogP contribution < -0.4 is 0 Å². The van der Waals surface area contributed by atoms with E-state index in [0.717, 1.165) is 12.1 Å². The molecule has 0 bridgehead atoms. The molecular formula is C16H22FNO2.